The summed E-state index contributed by atoms with van der Waals surface area (Å²) in [4.78, 5) is 14.5. The number of nitrogens with zero attached hydrogens (tertiary/aromatic N) is 1. The fourth-order valence-electron chi connectivity index (χ4n) is 3.27. The normalized spacial score (nSPS) is 21.3. The van der Waals surface area contributed by atoms with Crippen molar-refractivity contribution in [1.29, 1.82) is 0 Å². The number of nitrogens with one attached hydrogen (secondary N) is 2. The first kappa shape index (κ1) is 23.1. The van der Waals surface area contributed by atoms with Crippen molar-refractivity contribution in [3.8, 4) is 0 Å². The van der Waals surface area contributed by atoms with E-state index >= 15 is 0 Å². The average molecular weight is 406 g/mol. The molecule has 3 rings (SSSR count). The summed E-state index contributed by atoms with van der Waals surface area (Å²) in [6.07, 6.45) is 1.96. The highest BCUT2D eigenvalue weighted by Crippen LogP contribution is 2.17. The minimum Gasteiger partial charge on any atom is -0.393 e. The van der Waals surface area contributed by atoms with Gasteiger partial charge in [0.25, 0.3) is 0 Å². The first-order valence-electron chi connectivity index (χ1n) is 8.79. The summed E-state index contributed by atoms with van der Waals surface area (Å²) >= 11 is 0. The van der Waals surface area contributed by atoms with E-state index in [1.54, 1.807) is 0 Å². The number of carbonyl (C=O) groups excluding carboxylic acids is 1. The van der Waals surface area contributed by atoms with Crippen LogP contribution in [-0.2, 0) is 16.1 Å². The van der Waals surface area contributed by atoms with Gasteiger partial charge in [0.05, 0.1) is 19.3 Å². The minimum absolute atomic E-state index is 0. The number of halogens is 2. The molecule has 2 aliphatic heterocycles. The van der Waals surface area contributed by atoms with Crippen molar-refractivity contribution in [3.05, 3.63) is 29.8 Å². The lowest BCUT2D eigenvalue weighted by Gasteiger charge is -2.29. The van der Waals surface area contributed by atoms with Crippen LogP contribution in [0.3, 0.4) is 0 Å². The minimum atomic E-state index is -0.149. The van der Waals surface area contributed by atoms with Gasteiger partial charge in [-0.3, -0.25) is 9.69 Å². The number of ether oxygens (including phenoxy) is 1. The van der Waals surface area contributed by atoms with E-state index in [1.165, 1.54) is 5.56 Å². The summed E-state index contributed by atoms with van der Waals surface area (Å²) in [5, 5.41) is 15.9. The maximum atomic E-state index is 12.2. The highest BCUT2D eigenvalue weighted by molar-refractivity contribution is 5.91. The second kappa shape index (κ2) is 11.7. The Bertz CT molecular complexity index is 548. The molecule has 1 atom stereocenters. The van der Waals surface area contributed by atoms with Gasteiger partial charge in [0.15, 0.2) is 0 Å². The lowest BCUT2D eigenvalue weighted by atomic mass is 10.1. The number of rotatable bonds is 5. The summed E-state index contributed by atoms with van der Waals surface area (Å²) < 4.78 is 5.38. The fraction of sp³-hybridized carbons (Fsp3) is 0.611. The second-order valence-corrected chi connectivity index (χ2v) is 6.69. The van der Waals surface area contributed by atoms with E-state index in [9.17, 15) is 9.90 Å². The Morgan fingerprint density at radius 3 is 2.77 bits per heavy atom. The van der Waals surface area contributed by atoms with Gasteiger partial charge in [-0.2, -0.15) is 0 Å². The lowest BCUT2D eigenvalue weighted by molar-refractivity contribution is -0.117. The first-order valence-corrected chi connectivity index (χ1v) is 8.79. The Kier molecular flexibility index (Phi) is 10.5. The molecule has 3 N–H and O–H groups in total. The van der Waals surface area contributed by atoms with Crippen LogP contribution < -0.4 is 10.6 Å². The van der Waals surface area contributed by atoms with Crippen molar-refractivity contribution in [2.75, 3.05) is 38.2 Å². The number of amides is 1. The Hall–Kier alpha value is -0.890. The molecule has 1 unspecified atom stereocenters. The van der Waals surface area contributed by atoms with Gasteiger partial charge >= 0.3 is 0 Å². The monoisotopic (exact) mass is 405 g/mol. The molecule has 0 radical (unpaired) electrons. The zero-order valence-corrected chi connectivity index (χ0v) is 16.5. The molecule has 8 heteroatoms. The Balaban J connectivity index is 0.00000169. The van der Waals surface area contributed by atoms with Crippen LogP contribution in [0.15, 0.2) is 24.3 Å². The van der Waals surface area contributed by atoms with Gasteiger partial charge in [-0.25, -0.2) is 0 Å². The van der Waals surface area contributed by atoms with E-state index in [2.05, 4.69) is 21.6 Å². The van der Waals surface area contributed by atoms with Crippen molar-refractivity contribution in [3.63, 3.8) is 0 Å². The molecule has 2 aliphatic rings. The average Bonchev–Trinajstić information content (AvgIpc) is 2.58. The molecule has 0 bridgehead atoms. The van der Waals surface area contributed by atoms with Crippen molar-refractivity contribution < 1.29 is 14.6 Å². The zero-order valence-electron chi connectivity index (χ0n) is 14.9. The van der Waals surface area contributed by atoms with Crippen molar-refractivity contribution >= 4 is 36.4 Å². The van der Waals surface area contributed by atoms with Crippen LogP contribution in [-0.4, -0.2) is 60.9 Å². The third kappa shape index (κ3) is 7.39. The number of piperidine rings is 1. The molecule has 0 spiro atoms. The molecule has 1 aromatic carbocycles. The predicted octanol–water partition coefficient (Wildman–Crippen LogP) is 1.80. The summed E-state index contributed by atoms with van der Waals surface area (Å²) in [6.45, 7) is 4.81. The number of aliphatic hydroxyl groups is 1. The summed E-state index contributed by atoms with van der Waals surface area (Å²) in [5.74, 6) is 0.0104. The summed E-state index contributed by atoms with van der Waals surface area (Å²) in [6, 6.07) is 8.12. The Morgan fingerprint density at radius 2 is 2.08 bits per heavy atom. The molecule has 2 heterocycles. The molecule has 148 valence electrons. The van der Waals surface area contributed by atoms with Gasteiger partial charge in [0.2, 0.25) is 5.91 Å². The van der Waals surface area contributed by atoms with Gasteiger partial charge in [-0.05, 0) is 30.5 Å². The van der Waals surface area contributed by atoms with Crippen LogP contribution in [0.25, 0.3) is 0 Å². The van der Waals surface area contributed by atoms with Crippen LogP contribution in [0.4, 0.5) is 5.69 Å². The molecule has 2 fully saturated rings. The van der Waals surface area contributed by atoms with Gasteiger partial charge in [-0.1, -0.05) is 12.1 Å². The van der Waals surface area contributed by atoms with Gasteiger partial charge in [0.1, 0.15) is 0 Å². The molecular weight excluding hydrogens is 377 g/mol. The van der Waals surface area contributed by atoms with E-state index in [1.807, 2.05) is 18.2 Å². The highest BCUT2D eigenvalue weighted by atomic mass is 35.5. The van der Waals surface area contributed by atoms with E-state index in [4.69, 9.17) is 4.74 Å². The van der Waals surface area contributed by atoms with Crippen molar-refractivity contribution in [2.45, 2.75) is 38.0 Å². The molecule has 2 saturated heterocycles. The van der Waals surface area contributed by atoms with Crippen molar-refractivity contribution in [2.24, 2.45) is 0 Å². The standard InChI is InChI=1S/C18H27N3O3.2ClH/c22-17-4-7-21(8-5-17)12-14-2-1-3-15(10-14)20-18(23)11-16-13-24-9-6-19-16;;/h1-3,10,16-17,19,22H,4-9,11-13H2,(H,20,23);2*1H. The third-order valence-corrected chi connectivity index (χ3v) is 4.60. The topological polar surface area (TPSA) is 73.8 Å². The van der Waals surface area contributed by atoms with Crippen LogP contribution >= 0.6 is 24.8 Å². The summed E-state index contributed by atoms with van der Waals surface area (Å²) in [7, 11) is 0. The highest BCUT2D eigenvalue weighted by Gasteiger charge is 2.18. The molecular formula is C18H29Cl2N3O3. The van der Waals surface area contributed by atoms with E-state index in [0.717, 1.165) is 44.7 Å². The number of benzene rings is 1. The van der Waals surface area contributed by atoms with Crippen LogP contribution in [0.1, 0.15) is 24.8 Å². The molecule has 6 nitrogen and oxygen atoms in total. The summed E-state index contributed by atoms with van der Waals surface area (Å²) in [5.41, 5.74) is 2.02. The molecule has 0 aromatic heterocycles. The first-order chi connectivity index (χ1) is 11.7. The lowest BCUT2D eigenvalue weighted by Crippen LogP contribution is -2.43. The smallest absolute Gasteiger partial charge is 0.226 e. The van der Waals surface area contributed by atoms with Gasteiger partial charge in [0, 0.05) is 44.3 Å². The van der Waals surface area contributed by atoms with E-state index in [-0.39, 0.29) is 42.9 Å². The number of hydrogen-bond acceptors (Lipinski definition) is 5. The predicted molar refractivity (Wildman–Crippen MR) is 107 cm³/mol. The van der Waals surface area contributed by atoms with Gasteiger partial charge in [-0.15, -0.1) is 24.8 Å². The fourth-order valence-corrected chi connectivity index (χ4v) is 3.27. The zero-order chi connectivity index (χ0) is 16.8. The third-order valence-electron chi connectivity index (χ3n) is 4.60. The van der Waals surface area contributed by atoms with Crippen LogP contribution in [0.2, 0.25) is 0 Å². The number of likely N-dealkylation sites (tertiary alicyclic amines) is 1. The maximum Gasteiger partial charge on any atom is 0.226 e. The Morgan fingerprint density at radius 1 is 1.31 bits per heavy atom. The number of carbonyl (C=O) groups is 1. The molecule has 0 aliphatic carbocycles. The van der Waals surface area contributed by atoms with Crippen molar-refractivity contribution in [1.82, 2.24) is 10.2 Å². The Labute approximate surface area is 167 Å². The molecule has 1 amide bonds. The second-order valence-electron chi connectivity index (χ2n) is 6.69. The molecule has 0 saturated carbocycles. The number of hydrogen-bond donors (Lipinski definition) is 3. The number of morpholine rings is 1. The molecule has 1 aromatic rings. The van der Waals surface area contributed by atoms with Crippen LogP contribution in [0, 0.1) is 0 Å². The van der Waals surface area contributed by atoms with E-state index in [0.29, 0.717) is 19.6 Å². The molecule has 26 heavy (non-hydrogen) atoms. The SMILES string of the molecule is Cl.Cl.O=C(CC1COCCN1)Nc1cccc(CN2CCC(O)CC2)c1. The largest absolute Gasteiger partial charge is 0.393 e. The van der Waals surface area contributed by atoms with E-state index < -0.39 is 0 Å². The number of anilines is 1. The maximum absolute atomic E-state index is 12.2. The quantitative estimate of drug-likeness (QED) is 0.696. The van der Waals surface area contributed by atoms with Crippen LogP contribution in [0.5, 0.6) is 0 Å². The van der Waals surface area contributed by atoms with Gasteiger partial charge < -0.3 is 20.5 Å². The number of aliphatic hydroxyl groups excluding tert-OH is 1.